The molecule has 1 atom stereocenters. The number of amides is 1. The summed E-state index contributed by atoms with van der Waals surface area (Å²) in [5.74, 6) is -1.73. The molecular weight excluding hydrogens is 337 g/mol. The average molecular weight is 350 g/mol. The molecule has 0 aromatic heterocycles. The first kappa shape index (κ1) is 16.8. The molecule has 0 saturated carbocycles. The third-order valence-corrected chi connectivity index (χ3v) is 3.89. The number of carboxylic acids is 1. The van der Waals surface area contributed by atoms with Gasteiger partial charge in [-0.2, -0.15) is 13.2 Å². The van der Waals surface area contributed by atoms with E-state index in [-0.39, 0.29) is 12.0 Å². The van der Waals surface area contributed by atoms with Crippen molar-refractivity contribution >= 4 is 23.3 Å². The lowest BCUT2D eigenvalue weighted by Gasteiger charge is -2.12. The monoisotopic (exact) mass is 350 g/mol. The SMILES string of the molecule is O=C(Nc1cccc2c1NC(C(=O)O)C2)c1cccc(C(F)(F)F)c1. The standard InChI is InChI=1S/C17H13F3N2O3/c18-17(19,20)11-5-1-4-10(7-11)15(23)22-12-6-2-3-9-8-13(16(24)25)21-14(9)12/h1-7,13,21H,8H2,(H,22,23)(H,24,25). The number of alkyl halides is 3. The molecule has 0 spiro atoms. The number of aliphatic carboxylic acids is 1. The summed E-state index contributed by atoms with van der Waals surface area (Å²) in [6.07, 6.45) is -4.28. The number of halogens is 3. The lowest BCUT2D eigenvalue weighted by Crippen LogP contribution is -2.26. The molecule has 0 saturated heterocycles. The number of benzene rings is 2. The van der Waals surface area contributed by atoms with E-state index in [1.54, 1.807) is 18.2 Å². The largest absolute Gasteiger partial charge is 0.480 e. The topological polar surface area (TPSA) is 78.4 Å². The van der Waals surface area contributed by atoms with Crippen LogP contribution in [0.2, 0.25) is 0 Å². The van der Waals surface area contributed by atoms with Crippen molar-refractivity contribution in [3.8, 4) is 0 Å². The van der Waals surface area contributed by atoms with Crippen molar-refractivity contribution in [2.45, 2.75) is 18.6 Å². The van der Waals surface area contributed by atoms with Crippen LogP contribution in [-0.4, -0.2) is 23.0 Å². The molecule has 0 bridgehead atoms. The fraction of sp³-hybridized carbons (Fsp3) is 0.176. The van der Waals surface area contributed by atoms with Crippen molar-refractivity contribution < 1.29 is 27.9 Å². The van der Waals surface area contributed by atoms with Gasteiger partial charge in [0.15, 0.2) is 0 Å². The van der Waals surface area contributed by atoms with Crippen LogP contribution in [0.3, 0.4) is 0 Å². The van der Waals surface area contributed by atoms with Gasteiger partial charge >= 0.3 is 12.1 Å². The average Bonchev–Trinajstić information content (AvgIpc) is 3.00. The predicted octanol–water partition coefficient (Wildman–Crippen LogP) is 3.38. The number of anilines is 2. The number of hydrogen-bond acceptors (Lipinski definition) is 3. The van der Waals surface area contributed by atoms with Crippen LogP contribution >= 0.6 is 0 Å². The highest BCUT2D eigenvalue weighted by Gasteiger charge is 2.31. The fourth-order valence-corrected chi connectivity index (χ4v) is 2.67. The van der Waals surface area contributed by atoms with Crippen LogP contribution in [-0.2, 0) is 17.4 Å². The summed E-state index contributed by atoms with van der Waals surface area (Å²) < 4.78 is 38.3. The summed E-state index contributed by atoms with van der Waals surface area (Å²) in [7, 11) is 0. The zero-order chi connectivity index (χ0) is 18.2. The van der Waals surface area contributed by atoms with Gasteiger partial charge in [-0.15, -0.1) is 0 Å². The van der Waals surface area contributed by atoms with Gasteiger partial charge in [0, 0.05) is 12.0 Å². The van der Waals surface area contributed by atoms with Crippen LogP contribution in [0.25, 0.3) is 0 Å². The van der Waals surface area contributed by atoms with Gasteiger partial charge in [-0.3, -0.25) is 4.79 Å². The zero-order valence-electron chi connectivity index (χ0n) is 12.7. The predicted molar refractivity (Wildman–Crippen MR) is 84.6 cm³/mol. The minimum Gasteiger partial charge on any atom is -0.480 e. The van der Waals surface area contributed by atoms with Crippen molar-refractivity contribution in [3.63, 3.8) is 0 Å². The lowest BCUT2D eigenvalue weighted by molar-refractivity contribution is -0.138. The van der Waals surface area contributed by atoms with Crippen molar-refractivity contribution in [3.05, 3.63) is 59.2 Å². The quantitative estimate of drug-likeness (QED) is 0.793. The summed E-state index contributed by atoms with van der Waals surface area (Å²) in [4.78, 5) is 23.4. The summed E-state index contributed by atoms with van der Waals surface area (Å²) in [6.45, 7) is 0. The molecular formula is C17H13F3N2O3. The molecule has 2 aromatic carbocycles. The number of rotatable bonds is 3. The second-order valence-electron chi connectivity index (χ2n) is 5.61. The summed E-state index contributed by atoms with van der Waals surface area (Å²) in [5, 5.41) is 14.4. The Bertz CT molecular complexity index is 849. The van der Waals surface area contributed by atoms with Crippen molar-refractivity contribution in [1.29, 1.82) is 0 Å². The number of nitrogens with one attached hydrogen (secondary N) is 2. The Kier molecular flexibility index (Phi) is 4.12. The first-order chi connectivity index (χ1) is 11.8. The van der Waals surface area contributed by atoms with E-state index < -0.39 is 29.7 Å². The maximum absolute atomic E-state index is 12.8. The van der Waals surface area contributed by atoms with Crippen molar-refractivity contribution in [1.82, 2.24) is 0 Å². The van der Waals surface area contributed by atoms with Gasteiger partial charge in [0.2, 0.25) is 0 Å². The molecule has 25 heavy (non-hydrogen) atoms. The maximum atomic E-state index is 12.8. The third-order valence-electron chi connectivity index (χ3n) is 3.89. The highest BCUT2D eigenvalue weighted by Crippen LogP contribution is 2.34. The van der Waals surface area contributed by atoms with Crippen LogP contribution in [0, 0.1) is 0 Å². The molecule has 3 N–H and O–H groups in total. The number of hydrogen-bond donors (Lipinski definition) is 3. The highest BCUT2D eigenvalue weighted by atomic mass is 19.4. The Morgan fingerprint density at radius 3 is 2.56 bits per heavy atom. The van der Waals surface area contributed by atoms with E-state index in [2.05, 4.69) is 10.6 Å². The van der Waals surface area contributed by atoms with Crippen LogP contribution in [0.15, 0.2) is 42.5 Å². The van der Waals surface area contributed by atoms with E-state index in [0.717, 1.165) is 18.2 Å². The van der Waals surface area contributed by atoms with E-state index >= 15 is 0 Å². The van der Waals surface area contributed by atoms with E-state index in [1.807, 2.05) is 0 Å². The van der Waals surface area contributed by atoms with Gasteiger partial charge < -0.3 is 15.7 Å². The fourth-order valence-electron chi connectivity index (χ4n) is 2.67. The Morgan fingerprint density at radius 1 is 1.16 bits per heavy atom. The van der Waals surface area contributed by atoms with Crippen LogP contribution in [0.5, 0.6) is 0 Å². The van der Waals surface area contributed by atoms with Gasteiger partial charge in [0.1, 0.15) is 6.04 Å². The molecule has 130 valence electrons. The molecule has 1 amide bonds. The number of para-hydroxylation sites is 1. The maximum Gasteiger partial charge on any atom is 0.416 e. The highest BCUT2D eigenvalue weighted by molar-refractivity contribution is 6.06. The van der Waals surface area contributed by atoms with Crippen LogP contribution < -0.4 is 10.6 Å². The van der Waals surface area contributed by atoms with Gasteiger partial charge in [0.25, 0.3) is 5.91 Å². The molecule has 1 heterocycles. The Morgan fingerprint density at radius 2 is 1.88 bits per heavy atom. The van der Waals surface area contributed by atoms with E-state index in [0.29, 0.717) is 16.9 Å². The van der Waals surface area contributed by atoms with Crippen molar-refractivity contribution in [2.75, 3.05) is 10.6 Å². The first-order valence-electron chi connectivity index (χ1n) is 7.35. The minimum atomic E-state index is -4.54. The molecule has 1 aliphatic rings. The van der Waals surface area contributed by atoms with Gasteiger partial charge in [-0.25, -0.2) is 4.79 Å². The molecule has 5 nitrogen and oxygen atoms in total. The molecule has 1 unspecified atom stereocenters. The summed E-state index contributed by atoms with van der Waals surface area (Å²) in [5.41, 5.74) is 0.454. The van der Waals surface area contributed by atoms with E-state index in [1.165, 1.54) is 6.07 Å². The van der Waals surface area contributed by atoms with E-state index in [4.69, 9.17) is 5.11 Å². The molecule has 8 heteroatoms. The number of fused-ring (bicyclic) bond motifs is 1. The number of carbonyl (C=O) groups is 2. The third kappa shape index (κ3) is 3.42. The smallest absolute Gasteiger partial charge is 0.416 e. The molecule has 1 aliphatic heterocycles. The van der Waals surface area contributed by atoms with Crippen molar-refractivity contribution in [2.24, 2.45) is 0 Å². The van der Waals surface area contributed by atoms with E-state index in [9.17, 15) is 22.8 Å². The second kappa shape index (κ2) is 6.12. The molecule has 2 aromatic rings. The summed E-state index contributed by atoms with van der Waals surface area (Å²) in [6, 6.07) is 8.22. The zero-order valence-corrected chi connectivity index (χ0v) is 12.7. The van der Waals surface area contributed by atoms with Crippen LogP contribution in [0.4, 0.5) is 24.5 Å². The van der Waals surface area contributed by atoms with Gasteiger partial charge in [-0.1, -0.05) is 18.2 Å². The van der Waals surface area contributed by atoms with Crippen LogP contribution in [0.1, 0.15) is 21.5 Å². The normalized spacial score (nSPS) is 16.0. The number of carbonyl (C=O) groups excluding carboxylic acids is 1. The Balaban J connectivity index is 1.84. The molecule has 0 fully saturated rings. The summed E-state index contributed by atoms with van der Waals surface area (Å²) >= 11 is 0. The Labute approximate surface area is 140 Å². The first-order valence-corrected chi connectivity index (χ1v) is 7.35. The Hall–Kier alpha value is -3.03. The number of carboxylic acid groups (broad SMARTS) is 1. The van der Waals surface area contributed by atoms with Gasteiger partial charge in [-0.05, 0) is 29.8 Å². The molecule has 3 rings (SSSR count). The van der Waals surface area contributed by atoms with Gasteiger partial charge in [0.05, 0.1) is 16.9 Å². The minimum absolute atomic E-state index is 0.139. The molecule has 0 aliphatic carbocycles. The lowest BCUT2D eigenvalue weighted by atomic mass is 10.1. The second-order valence-corrected chi connectivity index (χ2v) is 5.61. The molecule has 0 radical (unpaired) electrons.